The molecule has 6 heteroatoms. The van der Waals surface area contributed by atoms with Gasteiger partial charge in [-0.2, -0.15) is 0 Å². The van der Waals surface area contributed by atoms with E-state index in [9.17, 15) is 9.18 Å². The normalized spacial score (nSPS) is 11.3. The van der Waals surface area contributed by atoms with Crippen LogP contribution in [0.5, 0.6) is 0 Å². The molecule has 0 aliphatic heterocycles. The van der Waals surface area contributed by atoms with Crippen LogP contribution in [0.3, 0.4) is 0 Å². The second-order valence-corrected chi connectivity index (χ2v) is 7.61. The average Bonchev–Trinajstić information content (AvgIpc) is 3.33. The van der Waals surface area contributed by atoms with E-state index in [2.05, 4.69) is 20.9 Å². The van der Waals surface area contributed by atoms with Crippen LogP contribution < -0.4 is 0 Å². The van der Waals surface area contributed by atoms with Crippen molar-refractivity contribution in [1.82, 2.24) is 4.98 Å². The van der Waals surface area contributed by atoms with Crippen molar-refractivity contribution in [2.24, 2.45) is 0 Å². The molecule has 0 unspecified atom stereocenters. The van der Waals surface area contributed by atoms with Crippen LogP contribution in [0, 0.1) is 5.82 Å². The van der Waals surface area contributed by atoms with Crippen LogP contribution in [-0.4, -0.2) is 16.1 Å². The van der Waals surface area contributed by atoms with E-state index in [1.165, 1.54) is 0 Å². The Hall–Kier alpha value is -2.86. The molecular formula is C23H19BrFNO3. The zero-order valence-electron chi connectivity index (χ0n) is 16.0. The minimum absolute atomic E-state index is 0.212. The summed E-state index contributed by atoms with van der Waals surface area (Å²) in [5.74, 6) is -0.556. The van der Waals surface area contributed by atoms with Crippen LogP contribution in [0.1, 0.15) is 35.3 Å². The van der Waals surface area contributed by atoms with Crippen molar-refractivity contribution in [2.75, 3.05) is 0 Å². The van der Waals surface area contributed by atoms with Gasteiger partial charge < -0.3 is 14.5 Å². The third kappa shape index (κ3) is 3.27. The molecular weight excluding hydrogens is 437 g/mol. The zero-order chi connectivity index (χ0) is 20.7. The molecule has 2 aromatic carbocycles. The van der Waals surface area contributed by atoms with Crippen LogP contribution in [-0.2, 0) is 12.8 Å². The predicted octanol–water partition coefficient (Wildman–Crippen LogP) is 6.82. The van der Waals surface area contributed by atoms with E-state index >= 15 is 0 Å². The van der Waals surface area contributed by atoms with Gasteiger partial charge in [0, 0.05) is 11.1 Å². The number of carbonyl (C=O) groups is 1. The Bertz CT molecular complexity index is 1220. The molecule has 4 rings (SSSR count). The Morgan fingerprint density at radius 1 is 1.10 bits per heavy atom. The third-order valence-corrected chi connectivity index (χ3v) is 5.90. The van der Waals surface area contributed by atoms with Gasteiger partial charge in [-0.3, -0.25) is 0 Å². The lowest BCUT2D eigenvalue weighted by Crippen LogP contribution is -1.94. The number of H-pyrrole nitrogens is 1. The SMILES string of the molecule is CCc1cc(F)c(CC)c2c(Br)c(-c3ccc(-c4ccc(C(=O)O)cc4)[nH]3)oc12. The monoisotopic (exact) mass is 455 g/mol. The summed E-state index contributed by atoms with van der Waals surface area (Å²) >= 11 is 3.62. The number of benzene rings is 2. The summed E-state index contributed by atoms with van der Waals surface area (Å²) in [6.07, 6.45) is 1.23. The number of aromatic nitrogens is 1. The van der Waals surface area contributed by atoms with Crippen molar-refractivity contribution in [3.8, 4) is 22.7 Å². The fourth-order valence-corrected chi connectivity index (χ4v) is 4.32. The number of hydrogen-bond acceptors (Lipinski definition) is 2. The summed E-state index contributed by atoms with van der Waals surface area (Å²) in [6.45, 7) is 3.90. The minimum Gasteiger partial charge on any atom is -0.478 e. The number of hydrogen-bond donors (Lipinski definition) is 2. The van der Waals surface area contributed by atoms with Crippen LogP contribution in [0.2, 0.25) is 0 Å². The van der Waals surface area contributed by atoms with Gasteiger partial charge in [-0.1, -0.05) is 26.0 Å². The van der Waals surface area contributed by atoms with Gasteiger partial charge in [0.2, 0.25) is 0 Å². The maximum absolute atomic E-state index is 14.6. The molecule has 29 heavy (non-hydrogen) atoms. The zero-order valence-corrected chi connectivity index (χ0v) is 17.6. The number of halogens is 2. The Balaban J connectivity index is 1.82. The van der Waals surface area contributed by atoms with Crippen molar-refractivity contribution in [3.05, 3.63) is 69.4 Å². The Morgan fingerprint density at radius 3 is 2.41 bits per heavy atom. The number of fused-ring (bicyclic) bond motifs is 1. The summed E-state index contributed by atoms with van der Waals surface area (Å²) in [6, 6.07) is 12.0. The quantitative estimate of drug-likeness (QED) is 0.346. The number of aryl methyl sites for hydroxylation is 2. The molecule has 148 valence electrons. The molecule has 0 saturated heterocycles. The number of aromatic carboxylic acids is 1. The summed E-state index contributed by atoms with van der Waals surface area (Å²) < 4.78 is 21.5. The second kappa shape index (κ2) is 7.52. The number of furan rings is 1. The van der Waals surface area contributed by atoms with E-state index in [1.807, 2.05) is 26.0 Å². The highest BCUT2D eigenvalue weighted by atomic mass is 79.9. The van der Waals surface area contributed by atoms with Gasteiger partial charge in [0.25, 0.3) is 0 Å². The average molecular weight is 456 g/mol. The van der Waals surface area contributed by atoms with Gasteiger partial charge in [0.05, 0.1) is 15.7 Å². The van der Waals surface area contributed by atoms with Gasteiger partial charge >= 0.3 is 5.97 Å². The molecule has 0 atom stereocenters. The van der Waals surface area contributed by atoms with Crippen molar-refractivity contribution in [2.45, 2.75) is 26.7 Å². The maximum atomic E-state index is 14.6. The molecule has 0 spiro atoms. The lowest BCUT2D eigenvalue weighted by molar-refractivity contribution is 0.0697. The highest BCUT2D eigenvalue weighted by molar-refractivity contribution is 9.10. The first-order valence-corrected chi connectivity index (χ1v) is 10.2. The fraction of sp³-hybridized carbons (Fsp3) is 0.174. The number of rotatable bonds is 5. The molecule has 2 aromatic heterocycles. The number of carboxylic acids is 1. The molecule has 0 amide bonds. The van der Waals surface area contributed by atoms with E-state index in [0.717, 1.165) is 32.4 Å². The van der Waals surface area contributed by atoms with Gasteiger partial charge in [-0.25, -0.2) is 9.18 Å². The van der Waals surface area contributed by atoms with Crippen LogP contribution in [0.25, 0.3) is 33.7 Å². The first kappa shape index (κ1) is 19.5. The minimum atomic E-state index is -0.958. The van der Waals surface area contributed by atoms with Gasteiger partial charge in [-0.05, 0) is 75.8 Å². The van der Waals surface area contributed by atoms with E-state index < -0.39 is 5.97 Å². The van der Waals surface area contributed by atoms with Crippen LogP contribution >= 0.6 is 15.9 Å². The lowest BCUT2D eigenvalue weighted by atomic mass is 10.0. The van der Waals surface area contributed by atoms with Crippen molar-refractivity contribution >= 4 is 32.9 Å². The molecule has 0 radical (unpaired) electrons. The van der Waals surface area contributed by atoms with Gasteiger partial charge in [-0.15, -0.1) is 0 Å². The van der Waals surface area contributed by atoms with E-state index in [-0.39, 0.29) is 11.4 Å². The lowest BCUT2D eigenvalue weighted by Gasteiger charge is -2.05. The van der Waals surface area contributed by atoms with Crippen LogP contribution in [0.4, 0.5) is 4.39 Å². The van der Waals surface area contributed by atoms with Gasteiger partial charge in [0.1, 0.15) is 11.4 Å². The summed E-state index contributed by atoms with van der Waals surface area (Å²) in [4.78, 5) is 14.4. The molecule has 4 aromatic rings. The molecule has 4 nitrogen and oxygen atoms in total. The number of carboxylic acid groups (broad SMARTS) is 1. The van der Waals surface area contributed by atoms with E-state index in [4.69, 9.17) is 9.52 Å². The Kier molecular flexibility index (Phi) is 5.04. The summed E-state index contributed by atoms with van der Waals surface area (Å²) in [5, 5.41) is 9.83. The highest BCUT2D eigenvalue weighted by Gasteiger charge is 2.22. The fourth-order valence-electron chi connectivity index (χ4n) is 3.60. The molecule has 2 N–H and O–H groups in total. The summed E-state index contributed by atoms with van der Waals surface area (Å²) in [7, 11) is 0. The second-order valence-electron chi connectivity index (χ2n) is 6.82. The number of nitrogens with one attached hydrogen (secondary N) is 1. The van der Waals surface area contributed by atoms with E-state index in [0.29, 0.717) is 29.7 Å². The Labute approximate surface area is 175 Å². The molecule has 0 saturated carbocycles. The van der Waals surface area contributed by atoms with Gasteiger partial charge in [0.15, 0.2) is 5.76 Å². The topological polar surface area (TPSA) is 66.2 Å². The van der Waals surface area contributed by atoms with Crippen molar-refractivity contribution in [1.29, 1.82) is 0 Å². The standard InChI is InChI=1S/C23H19BrFNO3/c1-3-12-11-16(25)15(4-2)19-20(24)22(29-21(12)19)18-10-9-17(26-18)13-5-7-14(8-6-13)23(27)28/h5-11,26H,3-4H2,1-2H3,(H,27,28). The largest absolute Gasteiger partial charge is 0.478 e. The van der Waals surface area contributed by atoms with Crippen molar-refractivity contribution < 1.29 is 18.7 Å². The third-order valence-electron chi connectivity index (χ3n) is 5.14. The first-order chi connectivity index (χ1) is 13.9. The molecule has 0 aliphatic carbocycles. The first-order valence-electron chi connectivity index (χ1n) is 9.39. The van der Waals surface area contributed by atoms with E-state index in [1.54, 1.807) is 30.3 Å². The Morgan fingerprint density at radius 2 is 1.79 bits per heavy atom. The van der Waals surface area contributed by atoms with Crippen molar-refractivity contribution in [3.63, 3.8) is 0 Å². The van der Waals surface area contributed by atoms with Crippen LogP contribution in [0.15, 0.2) is 51.4 Å². The molecule has 0 fully saturated rings. The summed E-state index contributed by atoms with van der Waals surface area (Å²) in [5.41, 5.74) is 4.86. The molecule has 2 heterocycles. The smallest absolute Gasteiger partial charge is 0.335 e. The highest BCUT2D eigenvalue weighted by Crippen LogP contribution is 2.42. The molecule has 0 aliphatic rings. The maximum Gasteiger partial charge on any atom is 0.335 e. The molecule has 0 bridgehead atoms. The predicted molar refractivity (Wildman–Crippen MR) is 115 cm³/mol. The number of aromatic amines is 1.